The minimum Gasteiger partial charge on any atom is -0.309 e. The van der Waals surface area contributed by atoms with Gasteiger partial charge < -0.3 is 9.80 Å². The Bertz CT molecular complexity index is 440. The molecule has 0 aromatic heterocycles. The zero-order valence-corrected chi connectivity index (χ0v) is 31.1. The normalized spacial score (nSPS) is 11.9. The van der Waals surface area contributed by atoms with Crippen LogP contribution in [0.25, 0.3) is 0 Å². The molecular formula is C41H86N2. The molecule has 0 atom stereocenters. The van der Waals surface area contributed by atoms with Gasteiger partial charge in [0.2, 0.25) is 0 Å². The highest BCUT2D eigenvalue weighted by molar-refractivity contribution is 4.61. The molecule has 0 fully saturated rings. The molecule has 0 aliphatic carbocycles. The molecule has 0 aromatic carbocycles. The number of hydrogen-bond acceptors (Lipinski definition) is 2. The molecule has 0 aliphatic rings. The van der Waals surface area contributed by atoms with E-state index in [-0.39, 0.29) is 0 Å². The van der Waals surface area contributed by atoms with E-state index < -0.39 is 0 Å². The Kier molecular flexibility index (Phi) is 38.0. The van der Waals surface area contributed by atoms with Crippen LogP contribution in [0.4, 0.5) is 0 Å². The molecule has 0 rings (SSSR count). The molecule has 0 bridgehead atoms. The van der Waals surface area contributed by atoms with Crippen molar-refractivity contribution < 1.29 is 0 Å². The molecule has 0 aromatic rings. The van der Waals surface area contributed by atoms with Crippen LogP contribution in [0.1, 0.15) is 226 Å². The monoisotopic (exact) mass is 607 g/mol. The van der Waals surface area contributed by atoms with E-state index in [0.717, 1.165) is 0 Å². The molecule has 0 aliphatic heterocycles. The van der Waals surface area contributed by atoms with Gasteiger partial charge in [0.1, 0.15) is 0 Å². The van der Waals surface area contributed by atoms with Gasteiger partial charge in [-0.05, 0) is 59.5 Å². The Hall–Kier alpha value is -0.0800. The molecule has 0 heterocycles. The quantitative estimate of drug-likeness (QED) is 0.0645. The second-order valence-corrected chi connectivity index (χ2v) is 14.6. The predicted octanol–water partition coefficient (Wildman–Crippen LogP) is 13.8. The zero-order chi connectivity index (χ0) is 31.3. The topological polar surface area (TPSA) is 6.48 Å². The van der Waals surface area contributed by atoms with Crippen LogP contribution in [-0.2, 0) is 0 Å². The SMILES string of the molecule is CCCCCCCCCCCCCCCCCCN(CCCCCCCCCCCCCCCCCC)CCCN(C)C. The van der Waals surface area contributed by atoms with Gasteiger partial charge in [-0.2, -0.15) is 0 Å². The third kappa shape index (κ3) is 38.0. The van der Waals surface area contributed by atoms with Crippen LogP contribution in [0.3, 0.4) is 0 Å². The Morgan fingerprint density at radius 2 is 0.442 bits per heavy atom. The summed E-state index contributed by atoms with van der Waals surface area (Å²) in [4.78, 5) is 5.15. The summed E-state index contributed by atoms with van der Waals surface area (Å²) in [5.74, 6) is 0. The van der Waals surface area contributed by atoms with Crippen molar-refractivity contribution in [1.82, 2.24) is 9.80 Å². The fourth-order valence-electron chi connectivity index (χ4n) is 6.71. The van der Waals surface area contributed by atoms with Gasteiger partial charge in [0, 0.05) is 0 Å². The van der Waals surface area contributed by atoms with Gasteiger partial charge in [0.25, 0.3) is 0 Å². The predicted molar refractivity (Wildman–Crippen MR) is 199 cm³/mol. The Balaban J connectivity index is 3.61. The van der Waals surface area contributed by atoms with Gasteiger partial charge in [0.15, 0.2) is 0 Å². The molecule has 0 amide bonds. The average molecular weight is 607 g/mol. The fourth-order valence-corrected chi connectivity index (χ4v) is 6.71. The van der Waals surface area contributed by atoms with Gasteiger partial charge in [-0.25, -0.2) is 0 Å². The van der Waals surface area contributed by atoms with E-state index in [1.54, 1.807) is 0 Å². The van der Waals surface area contributed by atoms with E-state index in [1.165, 1.54) is 238 Å². The molecule has 0 saturated carbocycles. The highest BCUT2D eigenvalue weighted by Crippen LogP contribution is 2.16. The van der Waals surface area contributed by atoms with Crippen molar-refractivity contribution >= 4 is 0 Å². The fraction of sp³-hybridized carbons (Fsp3) is 1.00. The van der Waals surface area contributed by atoms with E-state index in [2.05, 4.69) is 37.7 Å². The van der Waals surface area contributed by atoms with Gasteiger partial charge in [0.05, 0.1) is 0 Å². The maximum Gasteiger partial charge on any atom is -0.000655 e. The molecule has 0 spiro atoms. The number of nitrogens with zero attached hydrogens (tertiary/aromatic N) is 2. The standard InChI is InChI=1S/C41H86N2/c1-5-7-9-11-13-15-17-19-21-23-25-27-29-31-33-35-39-43(41-37-38-42(3)4)40-36-34-32-30-28-26-24-22-20-18-16-14-12-10-8-6-2/h5-41H2,1-4H3. The van der Waals surface area contributed by atoms with Gasteiger partial charge in [-0.3, -0.25) is 0 Å². The lowest BCUT2D eigenvalue weighted by Gasteiger charge is -2.23. The molecule has 43 heavy (non-hydrogen) atoms. The Morgan fingerprint density at radius 1 is 0.233 bits per heavy atom. The summed E-state index contributed by atoms with van der Waals surface area (Å²) in [6.45, 7) is 9.83. The van der Waals surface area contributed by atoms with Crippen molar-refractivity contribution in [3.05, 3.63) is 0 Å². The van der Waals surface area contributed by atoms with Crippen LogP contribution in [0.5, 0.6) is 0 Å². The largest absolute Gasteiger partial charge is 0.309 e. The summed E-state index contributed by atoms with van der Waals surface area (Å²) in [6.07, 6.45) is 48.1. The lowest BCUT2D eigenvalue weighted by molar-refractivity contribution is 0.244. The number of unbranched alkanes of at least 4 members (excludes halogenated alkanes) is 30. The minimum atomic E-state index is 1.23. The van der Waals surface area contributed by atoms with Gasteiger partial charge in [-0.15, -0.1) is 0 Å². The highest BCUT2D eigenvalue weighted by atomic mass is 15.1. The summed E-state index contributed by atoms with van der Waals surface area (Å²) in [5, 5.41) is 0. The Morgan fingerprint density at radius 3 is 0.674 bits per heavy atom. The summed E-state index contributed by atoms with van der Waals surface area (Å²) in [6, 6.07) is 0. The molecule has 0 saturated heterocycles. The second kappa shape index (κ2) is 38.1. The van der Waals surface area contributed by atoms with E-state index in [0.29, 0.717) is 0 Å². The first-order valence-corrected chi connectivity index (χ1v) is 20.6. The lowest BCUT2D eigenvalue weighted by atomic mass is 10.0. The minimum absolute atomic E-state index is 1.23. The first-order chi connectivity index (χ1) is 21.2. The van der Waals surface area contributed by atoms with Gasteiger partial charge >= 0.3 is 0 Å². The summed E-state index contributed by atoms with van der Waals surface area (Å²) in [7, 11) is 4.44. The maximum absolute atomic E-state index is 2.80. The van der Waals surface area contributed by atoms with Gasteiger partial charge in [-0.1, -0.05) is 206 Å². The smallest absolute Gasteiger partial charge is 0.000655 e. The van der Waals surface area contributed by atoms with Crippen LogP contribution in [0.2, 0.25) is 0 Å². The summed E-state index contributed by atoms with van der Waals surface area (Å²) in [5.41, 5.74) is 0. The highest BCUT2D eigenvalue weighted by Gasteiger charge is 2.05. The van der Waals surface area contributed by atoms with Crippen molar-refractivity contribution in [2.45, 2.75) is 226 Å². The molecule has 0 N–H and O–H groups in total. The van der Waals surface area contributed by atoms with Crippen molar-refractivity contribution in [1.29, 1.82) is 0 Å². The summed E-state index contributed by atoms with van der Waals surface area (Å²) < 4.78 is 0. The van der Waals surface area contributed by atoms with E-state index in [1.807, 2.05) is 0 Å². The molecule has 2 nitrogen and oxygen atoms in total. The van der Waals surface area contributed by atoms with E-state index in [4.69, 9.17) is 0 Å². The van der Waals surface area contributed by atoms with E-state index >= 15 is 0 Å². The van der Waals surface area contributed by atoms with Crippen LogP contribution in [0.15, 0.2) is 0 Å². The van der Waals surface area contributed by atoms with Crippen LogP contribution in [0, 0.1) is 0 Å². The molecular weight excluding hydrogens is 520 g/mol. The van der Waals surface area contributed by atoms with Crippen molar-refractivity contribution in [3.8, 4) is 0 Å². The zero-order valence-electron chi connectivity index (χ0n) is 31.1. The first kappa shape index (κ1) is 42.9. The maximum atomic E-state index is 2.80. The first-order valence-electron chi connectivity index (χ1n) is 20.6. The third-order valence-electron chi connectivity index (χ3n) is 9.74. The molecule has 0 radical (unpaired) electrons. The van der Waals surface area contributed by atoms with Crippen LogP contribution < -0.4 is 0 Å². The molecule has 0 unspecified atom stereocenters. The van der Waals surface area contributed by atoms with Crippen molar-refractivity contribution in [2.75, 3.05) is 40.3 Å². The van der Waals surface area contributed by atoms with Crippen molar-refractivity contribution in [3.63, 3.8) is 0 Å². The summed E-state index contributed by atoms with van der Waals surface area (Å²) >= 11 is 0. The Labute approximate surface area is 275 Å². The molecule has 260 valence electrons. The van der Waals surface area contributed by atoms with Crippen LogP contribution in [-0.4, -0.2) is 50.1 Å². The average Bonchev–Trinajstić information content (AvgIpc) is 3.00. The lowest BCUT2D eigenvalue weighted by Crippen LogP contribution is -2.29. The van der Waals surface area contributed by atoms with Crippen LogP contribution >= 0.6 is 0 Å². The van der Waals surface area contributed by atoms with E-state index in [9.17, 15) is 0 Å². The number of hydrogen-bond donors (Lipinski definition) is 0. The third-order valence-corrected chi connectivity index (χ3v) is 9.74. The second-order valence-electron chi connectivity index (χ2n) is 14.6. The number of rotatable bonds is 38. The molecule has 2 heteroatoms. The van der Waals surface area contributed by atoms with Crippen molar-refractivity contribution in [2.24, 2.45) is 0 Å².